The molecule has 0 saturated heterocycles. The molecule has 0 aliphatic heterocycles. The molecule has 0 nitrogen and oxygen atoms in total. The molecule has 0 aromatic heterocycles. The minimum Gasteiger partial charge on any atom is -0.0810 e. The van der Waals surface area contributed by atoms with Gasteiger partial charge < -0.3 is 0 Å². The van der Waals surface area contributed by atoms with Crippen molar-refractivity contribution in [3.8, 4) is 0 Å². The van der Waals surface area contributed by atoms with Crippen LogP contribution in [0.4, 0.5) is 0 Å². The van der Waals surface area contributed by atoms with Crippen molar-refractivity contribution in [1.29, 1.82) is 0 Å². The van der Waals surface area contributed by atoms with Crippen molar-refractivity contribution >= 4 is 0 Å². The first-order valence-electron chi connectivity index (χ1n) is 5.63. The summed E-state index contributed by atoms with van der Waals surface area (Å²) < 4.78 is 0. The maximum absolute atomic E-state index is 2.43. The molecule has 0 aromatic carbocycles. The van der Waals surface area contributed by atoms with E-state index < -0.39 is 0 Å². The Bertz CT molecular complexity index is 206. The summed E-state index contributed by atoms with van der Waals surface area (Å²) in [6.45, 7) is 6.86. The first-order chi connectivity index (χ1) is 6.24. The monoisotopic (exact) mass is 178 g/mol. The Kier molecular flexibility index (Phi) is 4.27. The second kappa shape index (κ2) is 5.26. The van der Waals surface area contributed by atoms with E-state index in [0.717, 1.165) is 5.92 Å². The van der Waals surface area contributed by atoms with E-state index in [0.29, 0.717) is 0 Å². The molecule has 13 heavy (non-hydrogen) atoms. The quantitative estimate of drug-likeness (QED) is 0.595. The van der Waals surface area contributed by atoms with Gasteiger partial charge in [0.25, 0.3) is 0 Å². The summed E-state index contributed by atoms with van der Waals surface area (Å²) in [5, 5.41) is 0. The minimum atomic E-state index is 0.741. The summed E-state index contributed by atoms with van der Waals surface area (Å²) in [5.74, 6) is 0.741. The van der Waals surface area contributed by atoms with Crippen LogP contribution in [0.3, 0.4) is 0 Å². The van der Waals surface area contributed by atoms with Crippen molar-refractivity contribution in [3.05, 3.63) is 23.3 Å². The van der Waals surface area contributed by atoms with Crippen LogP contribution in [0.5, 0.6) is 0 Å². The van der Waals surface area contributed by atoms with E-state index in [2.05, 4.69) is 32.9 Å². The second-order valence-electron chi connectivity index (χ2n) is 4.30. The zero-order valence-electron chi connectivity index (χ0n) is 9.27. The van der Waals surface area contributed by atoms with E-state index in [-0.39, 0.29) is 0 Å². The van der Waals surface area contributed by atoms with Gasteiger partial charge in [-0.1, -0.05) is 50.5 Å². The van der Waals surface area contributed by atoms with Gasteiger partial charge in [0, 0.05) is 0 Å². The highest BCUT2D eigenvalue weighted by Gasteiger charge is 2.07. The largest absolute Gasteiger partial charge is 0.0810 e. The summed E-state index contributed by atoms with van der Waals surface area (Å²) >= 11 is 0. The molecule has 0 amide bonds. The maximum Gasteiger partial charge on any atom is -0.0257 e. The number of hydrogen-bond acceptors (Lipinski definition) is 0. The molecule has 0 fully saturated rings. The summed E-state index contributed by atoms with van der Waals surface area (Å²) in [4.78, 5) is 0. The van der Waals surface area contributed by atoms with Gasteiger partial charge >= 0.3 is 0 Å². The smallest absolute Gasteiger partial charge is 0.0257 e. The van der Waals surface area contributed by atoms with Gasteiger partial charge in [0.1, 0.15) is 0 Å². The molecule has 0 spiro atoms. The summed E-state index contributed by atoms with van der Waals surface area (Å²) in [7, 11) is 0. The highest BCUT2D eigenvalue weighted by Crippen LogP contribution is 2.25. The Morgan fingerprint density at radius 3 is 2.77 bits per heavy atom. The molecule has 74 valence electrons. The van der Waals surface area contributed by atoms with Gasteiger partial charge in [-0.05, 0) is 31.6 Å². The molecule has 0 radical (unpaired) electrons. The first kappa shape index (κ1) is 10.6. The van der Waals surface area contributed by atoms with Gasteiger partial charge in [-0.25, -0.2) is 0 Å². The van der Waals surface area contributed by atoms with E-state index in [1.807, 2.05) is 0 Å². The molecule has 1 aliphatic rings. The Morgan fingerprint density at radius 2 is 2.15 bits per heavy atom. The van der Waals surface area contributed by atoms with Crippen molar-refractivity contribution in [2.75, 3.05) is 0 Å². The van der Waals surface area contributed by atoms with Crippen molar-refractivity contribution in [3.63, 3.8) is 0 Å². The average molecular weight is 178 g/mol. The Morgan fingerprint density at radius 1 is 1.38 bits per heavy atom. The van der Waals surface area contributed by atoms with Crippen LogP contribution in [-0.4, -0.2) is 0 Å². The molecule has 0 bridgehead atoms. The van der Waals surface area contributed by atoms with Crippen LogP contribution >= 0.6 is 0 Å². The predicted molar refractivity (Wildman–Crippen MR) is 59.8 cm³/mol. The molecular weight excluding hydrogens is 156 g/mol. The predicted octanol–water partition coefficient (Wildman–Crippen LogP) is 4.48. The van der Waals surface area contributed by atoms with E-state index in [1.165, 1.54) is 32.1 Å². The Hall–Kier alpha value is -0.520. The SMILES string of the molecule is CCCCC1=CCCC(C(C)C)=C1. The third-order valence-corrected chi connectivity index (χ3v) is 2.77. The molecule has 0 saturated carbocycles. The van der Waals surface area contributed by atoms with Crippen molar-refractivity contribution < 1.29 is 0 Å². The molecule has 0 N–H and O–H groups in total. The van der Waals surface area contributed by atoms with Gasteiger partial charge in [-0.2, -0.15) is 0 Å². The minimum absolute atomic E-state index is 0.741. The van der Waals surface area contributed by atoms with Gasteiger partial charge in [0.15, 0.2) is 0 Å². The fourth-order valence-electron chi connectivity index (χ4n) is 1.80. The van der Waals surface area contributed by atoms with Crippen molar-refractivity contribution in [2.24, 2.45) is 5.92 Å². The Balaban J connectivity index is 2.51. The fraction of sp³-hybridized carbons (Fsp3) is 0.692. The van der Waals surface area contributed by atoms with Crippen molar-refractivity contribution in [1.82, 2.24) is 0 Å². The van der Waals surface area contributed by atoms with Crippen LogP contribution in [0.1, 0.15) is 52.9 Å². The highest BCUT2D eigenvalue weighted by molar-refractivity contribution is 5.28. The van der Waals surface area contributed by atoms with E-state index in [9.17, 15) is 0 Å². The lowest BCUT2D eigenvalue weighted by atomic mass is 9.90. The Labute approximate surface area is 82.7 Å². The van der Waals surface area contributed by atoms with Gasteiger partial charge in [0.05, 0.1) is 0 Å². The molecular formula is C13H22. The molecule has 1 rings (SSSR count). The van der Waals surface area contributed by atoms with Gasteiger partial charge in [-0.3, -0.25) is 0 Å². The molecule has 0 heteroatoms. The lowest BCUT2D eigenvalue weighted by Crippen LogP contribution is -1.99. The van der Waals surface area contributed by atoms with Crippen LogP contribution in [0.2, 0.25) is 0 Å². The summed E-state index contributed by atoms with van der Waals surface area (Å²) in [6.07, 6.45) is 11.3. The average Bonchev–Trinajstić information content (AvgIpc) is 2.15. The topological polar surface area (TPSA) is 0 Å². The van der Waals surface area contributed by atoms with E-state index in [1.54, 1.807) is 11.1 Å². The zero-order chi connectivity index (χ0) is 9.68. The van der Waals surface area contributed by atoms with Gasteiger partial charge in [0.2, 0.25) is 0 Å². The lowest BCUT2D eigenvalue weighted by molar-refractivity contribution is 0.696. The lowest BCUT2D eigenvalue weighted by Gasteiger charge is -2.16. The van der Waals surface area contributed by atoms with Gasteiger partial charge in [-0.15, -0.1) is 0 Å². The number of unbranched alkanes of at least 4 members (excludes halogenated alkanes) is 1. The van der Waals surface area contributed by atoms with Crippen LogP contribution in [0.15, 0.2) is 23.3 Å². The normalized spacial score (nSPS) is 17.2. The first-order valence-corrected chi connectivity index (χ1v) is 5.63. The number of rotatable bonds is 4. The summed E-state index contributed by atoms with van der Waals surface area (Å²) in [5.41, 5.74) is 3.23. The second-order valence-corrected chi connectivity index (χ2v) is 4.30. The molecule has 0 aromatic rings. The van der Waals surface area contributed by atoms with Crippen LogP contribution in [0, 0.1) is 5.92 Å². The van der Waals surface area contributed by atoms with Crippen LogP contribution in [0.25, 0.3) is 0 Å². The molecule has 1 aliphatic carbocycles. The maximum atomic E-state index is 2.43. The van der Waals surface area contributed by atoms with Crippen molar-refractivity contribution in [2.45, 2.75) is 52.9 Å². The molecule has 0 atom stereocenters. The zero-order valence-corrected chi connectivity index (χ0v) is 9.27. The highest BCUT2D eigenvalue weighted by atomic mass is 14.1. The third-order valence-electron chi connectivity index (χ3n) is 2.77. The molecule has 0 unspecified atom stereocenters. The van der Waals surface area contributed by atoms with E-state index in [4.69, 9.17) is 0 Å². The van der Waals surface area contributed by atoms with Crippen LogP contribution in [-0.2, 0) is 0 Å². The fourth-order valence-corrected chi connectivity index (χ4v) is 1.80. The molecule has 0 heterocycles. The standard InChI is InChI=1S/C13H22/c1-4-5-7-12-8-6-9-13(10-12)11(2)3/h8,10-11H,4-7,9H2,1-3H3. The summed E-state index contributed by atoms with van der Waals surface area (Å²) in [6, 6.07) is 0. The third kappa shape index (κ3) is 3.38. The van der Waals surface area contributed by atoms with Crippen LogP contribution < -0.4 is 0 Å². The number of allylic oxidation sites excluding steroid dienone is 4. The van der Waals surface area contributed by atoms with E-state index >= 15 is 0 Å². The number of hydrogen-bond donors (Lipinski definition) is 0.